The zero-order valence-corrected chi connectivity index (χ0v) is 13.2. The summed E-state index contributed by atoms with van der Waals surface area (Å²) in [7, 11) is 3.96. The van der Waals surface area contributed by atoms with Crippen molar-refractivity contribution >= 4 is 0 Å². The molecular weight excluding hydrogens is 248 g/mol. The van der Waals surface area contributed by atoms with Crippen molar-refractivity contribution in [1.82, 2.24) is 10.2 Å². The fraction of sp³-hybridized carbons (Fsp3) is 0.647. The van der Waals surface area contributed by atoms with Crippen molar-refractivity contribution in [3.63, 3.8) is 0 Å². The van der Waals surface area contributed by atoms with Crippen molar-refractivity contribution in [2.24, 2.45) is 5.92 Å². The first-order valence-corrected chi connectivity index (χ1v) is 7.73. The summed E-state index contributed by atoms with van der Waals surface area (Å²) in [5.41, 5.74) is 1.34. The number of likely N-dealkylation sites (N-methyl/N-ethyl adjacent to an activating group) is 2. The van der Waals surface area contributed by atoms with Crippen LogP contribution in [0.3, 0.4) is 0 Å². The Morgan fingerprint density at radius 3 is 2.45 bits per heavy atom. The normalized spacial score (nSPS) is 18.1. The van der Waals surface area contributed by atoms with Crippen molar-refractivity contribution in [3.05, 3.63) is 29.8 Å². The fourth-order valence-electron chi connectivity index (χ4n) is 2.76. The summed E-state index contributed by atoms with van der Waals surface area (Å²) in [6.45, 7) is 6.57. The number of hydrogen-bond acceptors (Lipinski definition) is 3. The maximum atomic E-state index is 5.24. The van der Waals surface area contributed by atoms with E-state index in [1.165, 1.54) is 18.4 Å². The van der Waals surface area contributed by atoms with Crippen LogP contribution >= 0.6 is 0 Å². The van der Waals surface area contributed by atoms with E-state index in [1.54, 1.807) is 7.11 Å². The van der Waals surface area contributed by atoms with Gasteiger partial charge in [0.25, 0.3) is 0 Å². The van der Waals surface area contributed by atoms with Crippen molar-refractivity contribution in [3.8, 4) is 5.75 Å². The number of hydrogen-bond donors (Lipinski definition) is 1. The Morgan fingerprint density at radius 2 is 1.95 bits per heavy atom. The summed E-state index contributed by atoms with van der Waals surface area (Å²) < 4.78 is 5.24. The van der Waals surface area contributed by atoms with Crippen LogP contribution in [-0.2, 0) is 0 Å². The Hall–Kier alpha value is -1.06. The van der Waals surface area contributed by atoms with Crippen LogP contribution in [0.4, 0.5) is 0 Å². The van der Waals surface area contributed by atoms with Gasteiger partial charge < -0.3 is 15.0 Å². The van der Waals surface area contributed by atoms with Crippen LogP contribution in [0.25, 0.3) is 0 Å². The first kappa shape index (κ1) is 15.3. The molecule has 0 spiro atoms. The monoisotopic (exact) mass is 276 g/mol. The molecule has 1 fully saturated rings. The highest BCUT2D eigenvalue weighted by Crippen LogP contribution is 2.35. The molecule has 0 bridgehead atoms. The molecule has 1 aliphatic rings. The van der Waals surface area contributed by atoms with Crippen LogP contribution in [0.5, 0.6) is 5.75 Å². The lowest BCUT2D eigenvalue weighted by atomic mass is 10.0. The van der Waals surface area contributed by atoms with Gasteiger partial charge in [0.1, 0.15) is 5.75 Å². The van der Waals surface area contributed by atoms with E-state index >= 15 is 0 Å². The number of benzene rings is 1. The molecule has 0 aromatic heterocycles. The molecule has 0 saturated heterocycles. The smallest absolute Gasteiger partial charge is 0.118 e. The van der Waals surface area contributed by atoms with Crippen LogP contribution in [0.2, 0.25) is 0 Å². The Morgan fingerprint density at radius 1 is 1.30 bits per heavy atom. The summed E-state index contributed by atoms with van der Waals surface area (Å²) in [4.78, 5) is 2.50. The standard InChI is InChI=1S/C17H28N2O/c1-5-18-17(12-19(3)13(2)14-6-7-14)15-8-10-16(20-4)11-9-15/h8-11,13-14,17-18H,5-7,12H2,1-4H3. The second kappa shape index (κ2) is 7.09. The maximum absolute atomic E-state index is 5.24. The minimum atomic E-state index is 0.386. The predicted octanol–water partition coefficient (Wildman–Crippen LogP) is 3.08. The Balaban J connectivity index is 2.00. The lowest BCUT2D eigenvalue weighted by molar-refractivity contribution is 0.210. The minimum absolute atomic E-state index is 0.386. The van der Waals surface area contributed by atoms with E-state index in [4.69, 9.17) is 4.74 Å². The highest BCUT2D eigenvalue weighted by Gasteiger charge is 2.31. The molecule has 0 radical (unpaired) electrons. The molecule has 2 atom stereocenters. The molecule has 20 heavy (non-hydrogen) atoms. The summed E-state index contributed by atoms with van der Waals surface area (Å²) in [5.74, 6) is 1.84. The molecule has 1 aliphatic carbocycles. The SMILES string of the molecule is CCNC(CN(C)C(C)C1CC1)c1ccc(OC)cc1. The molecule has 2 unspecified atom stereocenters. The molecule has 3 heteroatoms. The zero-order chi connectivity index (χ0) is 14.5. The van der Waals surface area contributed by atoms with E-state index in [2.05, 4.69) is 43.2 Å². The fourth-order valence-corrected chi connectivity index (χ4v) is 2.76. The van der Waals surface area contributed by atoms with Gasteiger partial charge in [0.2, 0.25) is 0 Å². The van der Waals surface area contributed by atoms with Gasteiger partial charge in [-0.2, -0.15) is 0 Å². The van der Waals surface area contributed by atoms with Gasteiger partial charge in [-0.05, 0) is 57.0 Å². The maximum Gasteiger partial charge on any atom is 0.118 e. The van der Waals surface area contributed by atoms with Crippen molar-refractivity contribution < 1.29 is 4.74 Å². The summed E-state index contributed by atoms with van der Waals surface area (Å²) in [5, 5.41) is 3.60. The lowest BCUT2D eigenvalue weighted by Gasteiger charge is -2.30. The van der Waals surface area contributed by atoms with Gasteiger partial charge in [0, 0.05) is 18.6 Å². The molecule has 0 amide bonds. The molecule has 1 N–H and O–H groups in total. The first-order valence-electron chi connectivity index (χ1n) is 7.73. The lowest BCUT2D eigenvalue weighted by Crippen LogP contribution is -2.38. The van der Waals surface area contributed by atoms with Crippen molar-refractivity contribution in [1.29, 1.82) is 0 Å². The molecule has 0 heterocycles. The third-order valence-electron chi connectivity index (χ3n) is 4.44. The van der Waals surface area contributed by atoms with Crippen LogP contribution in [0.1, 0.15) is 38.3 Å². The van der Waals surface area contributed by atoms with Gasteiger partial charge in [0.05, 0.1) is 7.11 Å². The number of nitrogens with one attached hydrogen (secondary N) is 1. The van der Waals surface area contributed by atoms with Crippen molar-refractivity contribution in [2.45, 2.75) is 38.8 Å². The van der Waals surface area contributed by atoms with Crippen LogP contribution in [0.15, 0.2) is 24.3 Å². The molecule has 1 saturated carbocycles. The van der Waals surface area contributed by atoms with Gasteiger partial charge in [-0.25, -0.2) is 0 Å². The summed E-state index contributed by atoms with van der Waals surface area (Å²) in [6.07, 6.45) is 2.81. The number of methoxy groups -OCH3 is 1. The van der Waals surface area contributed by atoms with Gasteiger partial charge in [-0.3, -0.25) is 0 Å². The molecular formula is C17H28N2O. The Kier molecular flexibility index (Phi) is 5.44. The Labute approximate surface area is 123 Å². The van der Waals surface area contributed by atoms with Crippen LogP contribution in [0, 0.1) is 5.92 Å². The number of rotatable bonds is 8. The highest BCUT2D eigenvalue weighted by atomic mass is 16.5. The largest absolute Gasteiger partial charge is 0.497 e. The predicted molar refractivity (Wildman–Crippen MR) is 84.2 cm³/mol. The summed E-state index contributed by atoms with van der Waals surface area (Å²) >= 11 is 0. The third-order valence-corrected chi connectivity index (χ3v) is 4.44. The third kappa shape index (κ3) is 3.97. The van der Waals surface area contributed by atoms with E-state index < -0.39 is 0 Å². The molecule has 1 aromatic carbocycles. The van der Waals surface area contributed by atoms with Gasteiger partial charge >= 0.3 is 0 Å². The Bertz CT molecular complexity index is 400. The van der Waals surface area contributed by atoms with Crippen LogP contribution in [-0.4, -0.2) is 38.2 Å². The van der Waals surface area contributed by atoms with Crippen molar-refractivity contribution in [2.75, 3.05) is 27.2 Å². The molecule has 112 valence electrons. The van der Waals surface area contributed by atoms with E-state index in [-0.39, 0.29) is 0 Å². The second-order valence-electron chi connectivity index (χ2n) is 5.90. The molecule has 1 aromatic rings. The van der Waals surface area contributed by atoms with Gasteiger partial charge in [-0.1, -0.05) is 19.1 Å². The summed E-state index contributed by atoms with van der Waals surface area (Å²) in [6, 6.07) is 9.50. The molecule has 2 rings (SSSR count). The van der Waals surface area contributed by atoms with Gasteiger partial charge in [-0.15, -0.1) is 0 Å². The number of nitrogens with zero attached hydrogens (tertiary/aromatic N) is 1. The van der Waals surface area contributed by atoms with Gasteiger partial charge in [0.15, 0.2) is 0 Å². The molecule has 3 nitrogen and oxygen atoms in total. The highest BCUT2D eigenvalue weighted by molar-refractivity contribution is 5.29. The zero-order valence-electron chi connectivity index (χ0n) is 13.2. The first-order chi connectivity index (χ1) is 9.65. The topological polar surface area (TPSA) is 24.5 Å². The van der Waals surface area contributed by atoms with E-state index in [0.29, 0.717) is 12.1 Å². The quantitative estimate of drug-likeness (QED) is 0.789. The molecule has 0 aliphatic heterocycles. The minimum Gasteiger partial charge on any atom is -0.497 e. The van der Waals surface area contributed by atoms with E-state index in [1.807, 2.05) is 12.1 Å². The second-order valence-corrected chi connectivity index (χ2v) is 5.90. The van der Waals surface area contributed by atoms with Crippen LogP contribution < -0.4 is 10.1 Å². The van der Waals surface area contributed by atoms with E-state index in [0.717, 1.165) is 24.8 Å². The average Bonchev–Trinajstić information content (AvgIpc) is 3.30. The number of ether oxygens (including phenoxy) is 1. The van der Waals surface area contributed by atoms with E-state index in [9.17, 15) is 0 Å². The average molecular weight is 276 g/mol.